The number of hydrogen-bond acceptors (Lipinski definition) is 2. The van der Waals surface area contributed by atoms with E-state index in [2.05, 4.69) is 5.10 Å². The Morgan fingerprint density at radius 3 is 2.59 bits per heavy atom. The lowest BCUT2D eigenvalue weighted by atomic mass is 10.1. The number of carbonyl (C=O) groups is 1. The smallest absolute Gasteiger partial charge is 0.279 e. The Balaban J connectivity index is 1.78. The molecular formula is C22H22FN3O. The molecule has 0 saturated heterocycles. The second kappa shape index (κ2) is 6.99. The molecule has 4 nitrogen and oxygen atoms in total. The number of rotatable bonds is 4. The molecule has 27 heavy (non-hydrogen) atoms. The fourth-order valence-corrected chi connectivity index (χ4v) is 3.82. The second-order valence-electron chi connectivity index (χ2n) is 6.85. The lowest BCUT2D eigenvalue weighted by molar-refractivity contribution is 0.0982. The molecule has 138 valence electrons. The van der Waals surface area contributed by atoms with Crippen molar-refractivity contribution in [2.75, 3.05) is 11.4 Å². The summed E-state index contributed by atoms with van der Waals surface area (Å²) in [4.78, 5) is 15.2. The number of carbonyl (C=O) groups excluding carboxylic acids is 1. The van der Waals surface area contributed by atoms with Crippen molar-refractivity contribution in [3.8, 4) is 5.69 Å². The Morgan fingerprint density at radius 1 is 1.15 bits per heavy atom. The van der Waals surface area contributed by atoms with Crippen LogP contribution < -0.4 is 4.90 Å². The first-order valence-corrected chi connectivity index (χ1v) is 9.34. The Bertz CT molecular complexity index is 991. The van der Waals surface area contributed by atoms with Crippen molar-refractivity contribution in [1.82, 2.24) is 9.78 Å². The van der Waals surface area contributed by atoms with Crippen molar-refractivity contribution < 1.29 is 9.18 Å². The summed E-state index contributed by atoms with van der Waals surface area (Å²) in [7, 11) is 0. The van der Waals surface area contributed by atoms with Crippen LogP contribution in [0.3, 0.4) is 0 Å². The third-order valence-corrected chi connectivity index (χ3v) is 5.17. The van der Waals surface area contributed by atoms with Crippen LogP contribution >= 0.6 is 0 Å². The van der Waals surface area contributed by atoms with Crippen molar-refractivity contribution in [3.63, 3.8) is 0 Å². The average Bonchev–Trinajstić information content (AvgIpc) is 3.27. The summed E-state index contributed by atoms with van der Waals surface area (Å²) in [5.41, 5.74) is 5.35. The molecule has 0 atom stereocenters. The third-order valence-electron chi connectivity index (χ3n) is 5.17. The first kappa shape index (κ1) is 17.5. The average molecular weight is 363 g/mol. The molecular weight excluding hydrogens is 341 g/mol. The minimum atomic E-state index is -0.282. The highest BCUT2D eigenvalue weighted by Gasteiger charge is 2.30. The van der Waals surface area contributed by atoms with Crippen LogP contribution in [0.15, 0.2) is 48.5 Å². The molecule has 3 aromatic rings. The van der Waals surface area contributed by atoms with Gasteiger partial charge in [-0.2, -0.15) is 5.10 Å². The topological polar surface area (TPSA) is 38.1 Å². The van der Waals surface area contributed by atoms with E-state index < -0.39 is 0 Å². The Morgan fingerprint density at radius 2 is 1.89 bits per heavy atom. The fourth-order valence-electron chi connectivity index (χ4n) is 3.82. The van der Waals surface area contributed by atoms with E-state index in [0.717, 1.165) is 47.5 Å². The van der Waals surface area contributed by atoms with Crippen LogP contribution in [0.25, 0.3) is 5.69 Å². The summed E-state index contributed by atoms with van der Waals surface area (Å²) < 4.78 is 15.1. The van der Waals surface area contributed by atoms with Crippen LogP contribution in [0.1, 0.15) is 40.7 Å². The highest BCUT2D eigenvalue weighted by molar-refractivity contribution is 6.06. The van der Waals surface area contributed by atoms with Gasteiger partial charge in [-0.25, -0.2) is 9.07 Å². The molecule has 1 heterocycles. The first-order valence-electron chi connectivity index (χ1n) is 9.34. The standard InChI is InChI=1S/C22H22FN3O/c1-3-25(19-9-5-4-7-15(19)2)22(27)21-18-8-6-10-20(18)26(24-21)17-13-11-16(23)12-14-17/h4-5,7,9,11-14H,3,6,8,10H2,1-2H3. The summed E-state index contributed by atoms with van der Waals surface area (Å²) in [6, 6.07) is 14.1. The molecule has 1 aliphatic rings. The van der Waals surface area contributed by atoms with Crippen LogP contribution in [0.2, 0.25) is 0 Å². The number of nitrogens with zero attached hydrogens (tertiary/aromatic N) is 3. The quantitative estimate of drug-likeness (QED) is 0.686. The predicted octanol–water partition coefficient (Wildman–Crippen LogP) is 4.48. The maximum Gasteiger partial charge on any atom is 0.279 e. The number of aryl methyl sites for hydroxylation is 1. The van der Waals surface area contributed by atoms with Gasteiger partial charge in [0.25, 0.3) is 5.91 Å². The zero-order valence-electron chi connectivity index (χ0n) is 15.6. The number of hydrogen-bond donors (Lipinski definition) is 0. The lowest BCUT2D eigenvalue weighted by Gasteiger charge is -2.22. The Hall–Kier alpha value is -2.95. The molecule has 0 aliphatic heterocycles. The molecule has 5 heteroatoms. The lowest BCUT2D eigenvalue weighted by Crippen LogP contribution is -2.32. The van der Waals surface area contributed by atoms with Gasteiger partial charge in [0.05, 0.1) is 5.69 Å². The Labute approximate surface area is 158 Å². The number of amides is 1. The molecule has 4 rings (SSSR count). The molecule has 0 bridgehead atoms. The maximum absolute atomic E-state index is 13.4. The summed E-state index contributed by atoms with van der Waals surface area (Å²) in [5.74, 6) is -0.360. The van der Waals surface area contributed by atoms with Gasteiger partial charge in [0, 0.05) is 23.5 Å². The van der Waals surface area contributed by atoms with Crippen LogP contribution in [0.5, 0.6) is 0 Å². The summed E-state index contributed by atoms with van der Waals surface area (Å²) >= 11 is 0. The zero-order valence-corrected chi connectivity index (χ0v) is 15.6. The highest BCUT2D eigenvalue weighted by Crippen LogP contribution is 2.30. The minimum absolute atomic E-state index is 0.0780. The molecule has 2 aromatic carbocycles. The van der Waals surface area contributed by atoms with Gasteiger partial charge in [0.15, 0.2) is 5.69 Å². The molecule has 1 amide bonds. The van der Waals surface area contributed by atoms with Gasteiger partial charge in [0.1, 0.15) is 5.82 Å². The molecule has 0 spiro atoms. The van der Waals surface area contributed by atoms with Crippen LogP contribution in [0.4, 0.5) is 10.1 Å². The molecule has 0 unspecified atom stereocenters. The highest BCUT2D eigenvalue weighted by atomic mass is 19.1. The van der Waals surface area contributed by atoms with E-state index in [1.807, 2.05) is 38.1 Å². The van der Waals surface area contributed by atoms with Gasteiger partial charge >= 0.3 is 0 Å². The number of anilines is 1. The number of para-hydroxylation sites is 1. The summed E-state index contributed by atoms with van der Waals surface area (Å²) in [5, 5.41) is 4.66. The van der Waals surface area contributed by atoms with Gasteiger partial charge in [-0.15, -0.1) is 0 Å². The molecule has 0 radical (unpaired) electrons. The van der Waals surface area contributed by atoms with Crippen molar-refractivity contribution in [1.29, 1.82) is 0 Å². The van der Waals surface area contributed by atoms with Crippen molar-refractivity contribution >= 4 is 11.6 Å². The van der Waals surface area contributed by atoms with Gasteiger partial charge in [-0.1, -0.05) is 18.2 Å². The van der Waals surface area contributed by atoms with Crippen molar-refractivity contribution in [3.05, 3.63) is 76.9 Å². The molecule has 1 aliphatic carbocycles. The van der Waals surface area contributed by atoms with E-state index in [1.165, 1.54) is 12.1 Å². The summed E-state index contributed by atoms with van der Waals surface area (Å²) in [6.07, 6.45) is 2.73. The zero-order chi connectivity index (χ0) is 19.0. The largest absolute Gasteiger partial charge is 0.307 e. The van der Waals surface area contributed by atoms with Crippen LogP contribution in [-0.2, 0) is 12.8 Å². The second-order valence-corrected chi connectivity index (χ2v) is 6.85. The normalized spacial score (nSPS) is 12.9. The number of aromatic nitrogens is 2. The third kappa shape index (κ3) is 3.03. The van der Waals surface area contributed by atoms with Crippen LogP contribution in [-0.4, -0.2) is 22.2 Å². The van der Waals surface area contributed by atoms with Crippen molar-refractivity contribution in [2.24, 2.45) is 0 Å². The fraction of sp³-hybridized carbons (Fsp3) is 0.273. The van der Waals surface area contributed by atoms with E-state index >= 15 is 0 Å². The van der Waals surface area contributed by atoms with E-state index in [1.54, 1.807) is 21.7 Å². The van der Waals surface area contributed by atoms with Gasteiger partial charge in [0.2, 0.25) is 0 Å². The molecule has 1 aromatic heterocycles. The van der Waals surface area contributed by atoms with E-state index in [9.17, 15) is 9.18 Å². The monoisotopic (exact) mass is 363 g/mol. The molecule has 0 fully saturated rings. The van der Waals surface area contributed by atoms with Gasteiger partial charge in [-0.05, 0) is 69.0 Å². The molecule has 0 saturated carbocycles. The maximum atomic E-state index is 13.4. The number of benzene rings is 2. The first-order chi connectivity index (χ1) is 13.1. The Kier molecular flexibility index (Phi) is 4.52. The van der Waals surface area contributed by atoms with E-state index in [-0.39, 0.29) is 11.7 Å². The van der Waals surface area contributed by atoms with E-state index in [4.69, 9.17) is 0 Å². The minimum Gasteiger partial charge on any atom is -0.307 e. The van der Waals surface area contributed by atoms with Crippen LogP contribution in [0, 0.1) is 12.7 Å². The molecule has 0 N–H and O–H groups in total. The summed E-state index contributed by atoms with van der Waals surface area (Å²) in [6.45, 7) is 4.55. The van der Waals surface area contributed by atoms with Crippen molar-refractivity contribution in [2.45, 2.75) is 33.1 Å². The SMILES string of the molecule is CCN(C(=O)c1nn(-c2ccc(F)cc2)c2c1CCC2)c1ccccc1C. The predicted molar refractivity (Wildman–Crippen MR) is 104 cm³/mol. The van der Waals surface area contributed by atoms with Gasteiger partial charge in [-0.3, -0.25) is 4.79 Å². The van der Waals surface area contributed by atoms with Gasteiger partial charge < -0.3 is 4.90 Å². The number of fused-ring (bicyclic) bond motifs is 1. The van der Waals surface area contributed by atoms with E-state index in [0.29, 0.717) is 12.2 Å². The number of halogens is 1.